The monoisotopic (exact) mass is 437 g/mol. The van der Waals surface area contributed by atoms with Crippen molar-refractivity contribution in [2.75, 3.05) is 12.4 Å². The van der Waals surface area contributed by atoms with Crippen molar-refractivity contribution in [1.29, 1.82) is 0 Å². The van der Waals surface area contributed by atoms with Crippen molar-refractivity contribution in [2.45, 2.75) is 6.61 Å². The Morgan fingerprint density at radius 2 is 1.24 bits per heavy atom. The van der Waals surface area contributed by atoms with Gasteiger partial charge in [-0.3, -0.25) is 5.32 Å². The van der Waals surface area contributed by atoms with Gasteiger partial charge in [0.25, 0.3) is 0 Å². The van der Waals surface area contributed by atoms with E-state index in [9.17, 15) is 9.59 Å². The zero-order valence-electron chi connectivity index (χ0n) is 18.2. The van der Waals surface area contributed by atoms with Crippen LogP contribution in [0.1, 0.15) is 15.9 Å². The average molecular weight is 437 g/mol. The van der Waals surface area contributed by atoms with Gasteiger partial charge < -0.3 is 9.47 Å². The number of anilines is 1. The number of carbonyl (C=O) groups is 2. The van der Waals surface area contributed by atoms with Crippen LogP contribution < -0.4 is 5.32 Å². The number of hydrogen-bond donors (Lipinski definition) is 1. The van der Waals surface area contributed by atoms with E-state index in [1.165, 1.54) is 7.11 Å². The molecule has 0 fully saturated rings. The molecule has 0 spiro atoms. The summed E-state index contributed by atoms with van der Waals surface area (Å²) in [5, 5.41) is 2.65. The van der Waals surface area contributed by atoms with Gasteiger partial charge in [0.05, 0.1) is 18.4 Å². The lowest BCUT2D eigenvalue weighted by Crippen LogP contribution is -2.16. The second kappa shape index (κ2) is 10.3. The maximum absolute atomic E-state index is 12.4. The minimum Gasteiger partial charge on any atom is -0.465 e. The quantitative estimate of drug-likeness (QED) is 0.347. The van der Waals surface area contributed by atoms with Gasteiger partial charge in [0.15, 0.2) is 0 Å². The van der Waals surface area contributed by atoms with Crippen molar-refractivity contribution in [3.63, 3.8) is 0 Å². The molecule has 1 N–H and O–H groups in total. The molecule has 4 aromatic rings. The number of carbonyl (C=O) groups excluding carboxylic acids is 2. The number of nitrogens with one attached hydrogen (secondary N) is 1. The fourth-order valence-electron chi connectivity index (χ4n) is 3.46. The SMILES string of the molecule is COC(=O)c1cc(-c2ccccc2)ccc1NC(=O)OCc1ccc(-c2ccccc2)cc1. The molecule has 5 nitrogen and oxygen atoms in total. The van der Waals surface area contributed by atoms with Crippen molar-refractivity contribution in [3.8, 4) is 22.3 Å². The van der Waals surface area contributed by atoms with Gasteiger partial charge in [-0.25, -0.2) is 9.59 Å². The zero-order valence-corrected chi connectivity index (χ0v) is 18.2. The highest BCUT2D eigenvalue weighted by atomic mass is 16.5. The Morgan fingerprint density at radius 1 is 0.697 bits per heavy atom. The largest absolute Gasteiger partial charge is 0.465 e. The summed E-state index contributed by atoms with van der Waals surface area (Å²) in [5.41, 5.74) is 5.44. The van der Waals surface area contributed by atoms with Gasteiger partial charge in [0.2, 0.25) is 0 Å². The van der Waals surface area contributed by atoms with E-state index in [1.54, 1.807) is 12.1 Å². The highest BCUT2D eigenvalue weighted by Gasteiger charge is 2.16. The highest BCUT2D eigenvalue weighted by molar-refractivity contribution is 6.01. The van der Waals surface area contributed by atoms with Crippen LogP contribution >= 0.6 is 0 Å². The van der Waals surface area contributed by atoms with Crippen LogP contribution in [0, 0.1) is 0 Å². The van der Waals surface area contributed by atoms with E-state index in [0.717, 1.165) is 27.8 Å². The predicted octanol–water partition coefficient (Wildman–Crippen LogP) is 6.56. The van der Waals surface area contributed by atoms with E-state index in [2.05, 4.69) is 5.32 Å². The molecule has 0 radical (unpaired) electrons. The molecule has 164 valence electrons. The first-order valence-corrected chi connectivity index (χ1v) is 10.5. The Balaban J connectivity index is 1.43. The molecule has 0 heterocycles. The Hall–Kier alpha value is -4.38. The molecule has 0 unspecified atom stereocenters. The van der Waals surface area contributed by atoms with Crippen LogP contribution in [-0.4, -0.2) is 19.2 Å². The normalized spacial score (nSPS) is 10.3. The number of amides is 1. The molecular formula is C28H23NO4. The van der Waals surface area contributed by atoms with Crippen molar-refractivity contribution in [3.05, 3.63) is 114 Å². The summed E-state index contributed by atoms with van der Waals surface area (Å²) in [6, 6.07) is 32.7. The number of benzene rings is 4. The summed E-state index contributed by atoms with van der Waals surface area (Å²) in [4.78, 5) is 24.7. The van der Waals surface area contributed by atoms with E-state index in [4.69, 9.17) is 9.47 Å². The number of ether oxygens (including phenoxy) is 2. The van der Waals surface area contributed by atoms with E-state index < -0.39 is 12.1 Å². The molecule has 0 aliphatic heterocycles. The maximum atomic E-state index is 12.4. The topological polar surface area (TPSA) is 64.6 Å². The molecule has 0 saturated heterocycles. The molecular weight excluding hydrogens is 414 g/mol. The molecule has 0 bridgehead atoms. The minimum absolute atomic E-state index is 0.108. The van der Waals surface area contributed by atoms with Gasteiger partial charge in [-0.15, -0.1) is 0 Å². The lowest BCUT2D eigenvalue weighted by atomic mass is 10.0. The maximum Gasteiger partial charge on any atom is 0.411 e. The van der Waals surface area contributed by atoms with Crippen LogP contribution in [0.15, 0.2) is 103 Å². The molecule has 4 aromatic carbocycles. The first kappa shape index (κ1) is 21.8. The first-order valence-electron chi connectivity index (χ1n) is 10.5. The molecule has 0 atom stereocenters. The Kier molecular flexibility index (Phi) is 6.81. The molecule has 1 amide bonds. The Morgan fingerprint density at radius 3 is 1.85 bits per heavy atom. The van der Waals surface area contributed by atoms with Crippen LogP contribution in [0.5, 0.6) is 0 Å². The second-order valence-corrected chi connectivity index (χ2v) is 7.38. The van der Waals surface area contributed by atoms with Gasteiger partial charge >= 0.3 is 12.1 Å². The van der Waals surface area contributed by atoms with Crippen LogP contribution in [0.3, 0.4) is 0 Å². The number of hydrogen-bond acceptors (Lipinski definition) is 4. The summed E-state index contributed by atoms with van der Waals surface area (Å²) >= 11 is 0. The Bertz CT molecular complexity index is 1240. The van der Waals surface area contributed by atoms with Gasteiger partial charge in [0, 0.05) is 0 Å². The molecule has 0 aromatic heterocycles. The van der Waals surface area contributed by atoms with Crippen molar-refractivity contribution < 1.29 is 19.1 Å². The van der Waals surface area contributed by atoms with Gasteiger partial charge in [-0.1, -0.05) is 91.0 Å². The van der Waals surface area contributed by atoms with Crippen molar-refractivity contribution in [2.24, 2.45) is 0 Å². The summed E-state index contributed by atoms with van der Waals surface area (Å²) in [5.74, 6) is -0.542. The minimum atomic E-state index is -0.653. The van der Waals surface area contributed by atoms with E-state index >= 15 is 0 Å². The van der Waals surface area contributed by atoms with E-state index in [0.29, 0.717) is 5.69 Å². The van der Waals surface area contributed by atoms with Gasteiger partial charge in [0.1, 0.15) is 6.61 Å². The molecule has 4 rings (SSSR count). The van der Waals surface area contributed by atoms with Crippen LogP contribution in [0.25, 0.3) is 22.3 Å². The van der Waals surface area contributed by atoms with Crippen LogP contribution in [-0.2, 0) is 16.1 Å². The summed E-state index contributed by atoms with van der Waals surface area (Å²) in [6.07, 6.45) is -0.653. The average Bonchev–Trinajstić information content (AvgIpc) is 2.88. The lowest BCUT2D eigenvalue weighted by molar-refractivity contribution is 0.0602. The zero-order chi connectivity index (χ0) is 23.0. The molecule has 5 heteroatoms. The predicted molar refractivity (Wildman–Crippen MR) is 129 cm³/mol. The standard InChI is InChI=1S/C28H23NO4/c1-32-27(30)25-18-24(22-10-6-3-7-11-22)16-17-26(25)29-28(31)33-19-20-12-14-23(15-13-20)21-8-4-2-5-9-21/h2-18H,19H2,1H3,(H,29,31). The number of methoxy groups -OCH3 is 1. The van der Waals surface area contributed by atoms with E-state index in [1.807, 2.05) is 91.0 Å². The smallest absolute Gasteiger partial charge is 0.411 e. The molecule has 0 saturated carbocycles. The fourth-order valence-corrected chi connectivity index (χ4v) is 3.46. The van der Waals surface area contributed by atoms with Crippen molar-refractivity contribution >= 4 is 17.7 Å². The Labute approximate surface area is 192 Å². The molecule has 0 aliphatic rings. The van der Waals surface area contributed by atoms with Crippen molar-refractivity contribution in [1.82, 2.24) is 0 Å². The second-order valence-electron chi connectivity index (χ2n) is 7.38. The van der Waals surface area contributed by atoms with Gasteiger partial charge in [-0.05, 0) is 39.9 Å². The number of rotatable bonds is 6. The first-order chi connectivity index (χ1) is 16.1. The van der Waals surface area contributed by atoms with Crippen LogP contribution in [0.4, 0.5) is 10.5 Å². The summed E-state index contributed by atoms with van der Waals surface area (Å²) in [7, 11) is 1.30. The summed E-state index contributed by atoms with van der Waals surface area (Å²) in [6.45, 7) is 0.108. The van der Waals surface area contributed by atoms with Crippen LogP contribution in [0.2, 0.25) is 0 Å². The third-order valence-electron chi connectivity index (χ3n) is 5.20. The number of esters is 1. The highest BCUT2D eigenvalue weighted by Crippen LogP contribution is 2.26. The molecule has 0 aliphatic carbocycles. The van der Waals surface area contributed by atoms with Gasteiger partial charge in [-0.2, -0.15) is 0 Å². The molecule has 33 heavy (non-hydrogen) atoms. The fraction of sp³-hybridized carbons (Fsp3) is 0.0714. The van der Waals surface area contributed by atoms with E-state index in [-0.39, 0.29) is 12.2 Å². The third kappa shape index (κ3) is 5.46. The summed E-state index contributed by atoms with van der Waals surface area (Å²) < 4.78 is 10.3. The third-order valence-corrected chi connectivity index (χ3v) is 5.20. The lowest BCUT2D eigenvalue weighted by Gasteiger charge is -2.12.